The number of hydrogen-bond donors (Lipinski definition) is 4. The van der Waals surface area contributed by atoms with Crippen LogP contribution >= 0.6 is 6.42 Å². The predicted molar refractivity (Wildman–Crippen MR) is 109 cm³/mol. The molecule has 1 fully saturated rings. The first kappa shape index (κ1) is 23.0. The van der Waals surface area contributed by atoms with Crippen molar-refractivity contribution in [3.8, 4) is 12.3 Å². The van der Waals surface area contributed by atoms with Crippen molar-refractivity contribution in [1.29, 1.82) is 0 Å². The number of nitrogens with one attached hydrogen (secondary N) is 2. The molecule has 1 aliphatic rings. The summed E-state index contributed by atoms with van der Waals surface area (Å²) in [7, 11) is 0. The van der Waals surface area contributed by atoms with Gasteiger partial charge in [0.15, 0.2) is 11.8 Å². The van der Waals surface area contributed by atoms with Gasteiger partial charge in [-0.2, -0.15) is 0 Å². The van der Waals surface area contributed by atoms with Gasteiger partial charge in [-0.25, -0.2) is 4.79 Å². The minimum absolute atomic E-state index is 0.125. The molecule has 0 amide bonds. The van der Waals surface area contributed by atoms with Crippen LogP contribution in [0.1, 0.15) is 27.0 Å². The highest BCUT2D eigenvalue weighted by molar-refractivity contribution is 8.11. The zero-order valence-electron chi connectivity index (χ0n) is 16.2. The van der Waals surface area contributed by atoms with Crippen LogP contribution in [0.4, 0.5) is 0 Å². The van der Waals surface area contributed by atoms with E-state index < -0.39 is 41.7 Å². The minimum Gasteiger partial charge on any atom is -0.386 e. The van der Waals surface area contributed by atoms with Crippen molar-refractivity contribution < 1.29 is 19.5 Å². The van der Waals surface area contributed by atoms with Crippen LogP contribution in [0.25, 0.3) is 0 Å². The number of nitrogens with zero attached hydrogens (tertiary/aromatic N) is 1. The van der Waals surface area contributed by atoms with Crippen LogP contribution in [-0.4, -0.2) is 56.9 Å². The van der Waals surface area contributed by atoms with E-state index in [2.05, 4.69) is 29.8 Å². The van der Waals surface area contributed by atoms with E-state index in [1.807, 2.05) is 6.92 Å². The largest absolute Gasteiger partial charge is 0.386 e. The average Bonchev–Trinajstić information content (AvgIpc) is 2.85. The number of aromatic nitrogens is 2. The number of aliphatic hydroxyl groups excluding tert-OH is 1. The number of aliphatic hydroxyl groups is 2. The van der Waals surface area contributed by atoms with E-state index >= 15 is 0 Å². The number of aromatic amines is 1. The summed E-state index contributed by atoms with van der Waals surface area (Å²) in [5.74, 6) is 2.44. The minimum atomic E-state index is -2.40. The van der Waals surface area contributed by atoms with E-state index in [4.69, 9.17) is 27.5 Å². The van der Waals surface area contributed by atoms with E-state index in [-0.39, 0.29) is 12.6 Å². The Morgan fingerprint density at radius 1 is 1.54 bits per heavy atom. The van der Waals surface area contributed by atoms with Crippen LogP contribution in [0.5, 0.6) is 0 Å². The second-order valence-electron chi connectivity index (χ2n) is 7.26. The standard InChI is InChI=1S/C17H26N3O6PS/c1-6-17(24)14(22)12(9-25-27(5,28)19-11(4)10(2)3)26-15(17)20-8-7-13(21)18-16(20)23/h1,7-8,10-12,14-15,22,24H,9H2,2-5H3,(H,19,28)(H,18,21,23). The maximum Gasteiger partial charge on any atom is 0.330 e. The quantitative estimate of drug-likeness (QED) is 0.344. The SMILES string of the molecule is C#CC1(O)C(O)C(COP(C)(=S)NC(C)C(C)C)OC1n1ccc(=O)[nH]c1=O. The summed E-state index contributed by atoms with van der Waals surface area (Å²) >= 11 is 5.50. The lowest BCUT2D eigenvalue weighted by Gasteiger charge is -2.28. The molecule has 0 aliphatic carbocycles. The fourth-order valence-electron chi connectivity index (χ4n) is 2.72. The zero-order chi connectivity index (χ0) is 21.3. The highest BCUT2D eigenvalue weighted by Gasteiger charge is 2.56. The summed E-state index contributed by atoms with van der Waals surface area (Å²) < 4.78 is 12.4. The molecule has 11 heteroatoms. The predicted octanol–water partition coefficient (Wildman–Crippen LogP) is -0.251. The summed E-state index contributed by atoms with van der Waals surface area (Å²) in [5.41, 5.74) is -3.63. The molecule has 6 atom stereocenters. The number of terminal acetylenes is 1. The third kappa shape index (κ3) is 4.81. The lowest BCUT2D eigenvalue weighted by Crippen LogP contribution is -2.48. The Balaban J connectivity index is 2.20. The van der Waals surface area contributed by atoms with Crippen molar-refractivity contribution in [2.75, 3.05) is 13.3 Å². The van der Waals surface area contributed by atoms with Crippen molar-refractivity contribution in [3.05, 3.63) is 33.1 Å². The van der Waals surface area contributed by atoms with Gasteiger partial charge in [0.05, 0.1) is 6.61 Å². The van der Waals surface area contributed by atoms with E-state index in [0.717, 1.165) is 16.8 Å². The molecular weight excluding hydrogens is 405 g/mol. The van der Waals surface area contributed by atoms with Gasteiger partial charge in [-0.05, 0) is 12.8 Å². The molecule has 6 unspecified atom stereocenters. The molecule has 0 bridgehead atoms. The number of rotatable bonds is 7. The third-order valence-corrected chi connectivity index (χ3v) is 6.89. The summed E-state index contributed by atoms with van der Waals surface area (Å²) in [6.07, 6.45) is 0.204. The number of H-pyrrole nitrogens is 1. The summed E-state index contributed by atoms with van der Waals surface area (Å²) in [5, 5.41) is 24.5. The molecule has 0 aromatic carbocycles. The summed E-state index contributed by atoms with van der Waals surface area (Å²) in [6, 6.07) is 1.21. The van der Waals surface area contributed by atoms with Gasteiger partial charge in [-0.15, -0.1) is 6.42 Å². The van der Waals surface area contributed by atoms with Crippen molar-refractivity contribution in [3.63, 3.8) is 0 Å². The van der Waals surface area contributed by atoms with Crippen molar-refractivity contribution in [2.45, 2.75) is 50.8 Å². The van der Waals surface area contributed by atoms with E-state index in [9.17, 15) is 19.8 Å². The van der Waals surface area contributed by atoms with Crippen LogP contribution in [0.2, 0.25) is 0 Å². The Labute approximate surface area is 168 Å². The first-order valence-corrected chi connectivity index (χ1v) is 11.9. The van der Waals surface area contributed by atoms with E-state index in [1.165, 1.54) is 0 Å². The highest BCUT2D eigenvalue weighted by atomic mass is 32.4. The van der Waals surface area contributed by atoms with Gasteiger partial charge in [-0.3, -0.25) is 19.4 Å². The molecule has 1 aromatic rings. The zero-order valence-corrected chi connectivity index (χ0v) is 17.9. The van der Waals surface area contributed by atoms with Crippen molar-refractivity contribution in [2.24, 2.45) is 5.92 Å². The lowest BCUT2D eigenvalue weighted by atomic mass is 9.95. The molecule has 2 heterocycles. The van der Waals surface area contributed by atoms with Gasteiger partial charge in [0.1, 0.15) is 18.6 Å². The van der Waals surface area contributed by atoms with Gasteiger partial charge in [0.25, 0.3) is 5.56 Å². The highest BCUT2D eigenvalue weighted by Crippen LogP contribution is 2.43. The Kier molecular flexibility index (Phi) is 7.05. The van der Waals surface area contributed by atoms with Gasteiger partial charge < -0.3 is 19.5 Å². The Morgan fingerprint density at radius 3 is 2.71 bits per heavy atom. The van der Waals surface area contributed by atoms with E-state index in [0.29, 0.717) is 5.92 Å². The Morgan fingerprint density at radius 2 is 2.18 bits per heavy atom. The second kappa shape index (κ2) is 8.59. The maximum atomic E-state index is 12.1. The molecule has 28 heavy (non-hydrogen) atoms. The molecule has 156 valence electrons. The summed E-state index contributed by atoms with van der Waals surface area (Å²) in [6.45, 7) is 7.73. The van der Waals surface area contributed by atoms with Crippen molar-refractivity contribution in [1.82, 2.24) is 14.6 Å². The molecule has 2 rings (SSSR count). The molecule has 0 saturated carbocycles. The summed E-state index contributed by atoms with van der Waals surface area (Å²) in [4.78, 5) is 25.4. The third-order valence-electron chi connectivity index (χ3n) is 4.74. The fourth-order valence-corrected chi connectivity index (χ4v) is 4.95. The van der Waals surface area contributed by atoms with Gasteiger partial charge in [0, 0.05) is 25.0 Å². The van der Waals surface area contributed by atoms with Crippen LogP contribution in [-0.2, 0) is 21.1 Å². The number of ether oxygens (including phenoxy) is 1. The van der Waals surface area contributed by atoms with Crippen LogP contribution in [0.15, 0.2) is 21.9 Å². The maximum absolute atomic E-state index is 12.1. The van der Waals surface area contributed by atoms with Crippen LogP contribution in [0, 0.1) is 18.3 Å². The van der Waals surface area contributed by atoms with Crippen molar-refractivity contribution >= 4 is 18.2 Å². The van der Waals surface area contributed by atoms with Crippen LogP contribution < -0.4 is 16.3 Å². The van der Waals surface area contributed by atoms with Gasteiger partial charge in [-0.1, -0.05) is 31.6 Å². The molecule has 1 aromatic heterocycles. The Hall–Kier alpha value is -1.31. The first-order valence-electron chi connectivity index (χ1n) is 8.76. The second-order valence-corrected chi connectivity index (χ2v) is 11.6. The molecular formula is C17H26N3O6PS. The van der Waals surface area contributed by atoms with Crippen LogP contribution in [0.3, 0.4) is 0 Å². The molecule has 0 radical (unpaired) electrons. The topological polar surface area (TPSA) is 126 Å². The Bertz CT molecular complexity index is 909. The molecule has 1 saturated heterocycles. The first-order chi connectivity index (χ1) is 12.9. The van der Waals surface area contributed by atoms with E-state index in [1.54, 1.807) is 6.66 Å². The lowest BCUT2D eigenvalue weighted by molar-refractivity contribution is -0.0752. The monoisotopic (exact) mass is 431 g/mol. The average molecular weight is 431 g/mol. The smallest absolute Gasteiger partial charge is 0.330 e. The van der Waals surface area contributed by atoms with Gasteiger partial charge >= 0.3 is 5.69 Å². The number of hydrogen-bond acceptors (Lipinski definition) is 7. The molecule has 9 nitrogen and oxygen atoms in total. The van der Waals surface area contributed by atoms with Gasteiger partial charge in [0.2, 0.25) is 0 Å². The molecule has 1 aliphatic heterocycles. The normalized spacial score (nSPS) is 30.7. The fraction of sp³-hybridized carbons (Fsp3) is 0.647. The molecule has 0 spiro atoms. The molecule has 4 N–H and O–H groups in total.